The maximum atomic E-state index is 12.2. The Morgan fingerprint density at radius 3 is 2.73 bits per heavy atom. The zero-order chi connectivity index (χ0) is 16.1. The lowest BCUT2D eigenvalue weighted by Crippen LogP contribution is -2.43. The number of rotatable bonds is 3. The van der Waals surface area contributed by atoms with Crippen LogP contribution in [0.2, 0.25) is 5.02 Å². The molecule has 22 heavy (non-hydrogen) atoms. The van der Waals surface area contributed by atoms with Crippen LogP contribution in [0.5, 0.6) is 0 Å². The minimum Gasteiger partial charge on any atom is -0.372 e. The fourth-order valence-corrected chi connectivity index (χ4v) is 2.60. The third-order valence-corrected chi connectivity index (χ3v) is 3.44. The quantitative estimate of drug-likeness (QED) is 0.687. The molecule has 0 aliphatic carbocycles. The van der Waals surface area contributed by atoms with Crippen LogP contribution >= 0.6 is 11.6 Å². The molecule has 0 bridgehead atoms. The summed E-state index contributed by atoms with van der Waals surface area (Å²) in [7, 11) is 0. The van der Waals surface area contributed by atoms with Crippen molar-refractivity contribution in [2.24, 2.45) is 0 Å². The van der Waals surface area contributed by atoms with E-state index in [2.05, 4.69) is 5.32 Å². The van der Waals surface area contributed by atoms with Crippen LogP contribution in [-0.4, -0.2) is 36.1 Å². The lowest BCUT2D eigenvalue weighted by molar-refractivity contribution is -0.112. The number of hydrogen-bond acceptors (Lipinski definition) is 4. The van der Waals surface area contributed by atoms with E-state index in [-0.39, 0.29) is 17.8 Å². The van der Waals surface area contributed by atoms with E-state index in [1.165, 1.54) is 0 Å². The molecule has 1 aromatic rings. The van der Waals surface area contributed by atoms with Crippen LogP contribution in [0.1, 0.15) is 13.8 Å². The van der Waals surface area contributed by atoms with Crippen LogP contribution in [0.15, 0.2) is 36.0 Å². The Hall–Kier alpha value is -2.03. The van der Waals surface area contributed by atoms with Crippen LogP contribution in [-0.2, 0) is 9.53 Å². The summed E-state index contributed by atoms with van der Waals surface area (Å²) in [6, 6.07) is 8.75. The van der Waals surface area contributed by atoms with Crippen molar-refractivity contribution < 1.29 is 9.53 Å². The van der Waals surface area contributed by atoms with Crippen molar-refractivity contribution in [1.29, 1.82) is 5.26 Å². The lowest BCUT2D eigenvalue weighted by Gasteiger charge is -2.34. The van der Waals surface area contributed by atoms with Gasteiger partial charge in [-0.15, -0.1) is 0 Å². The van der Waals surface area contributed by atoms with Crippen molar-refractivity contribution in [2.75, 3.05) is 18.4 Å². The zero-order valence-electron chi connectivity index (χ0n) is 12.5. The van der Waals surface area contributed by atoms with Gasteiger partial charge >= 0.3 is 0 Å². The molecule has 0 saturated carbocycles. The Bertz CT molecular complexity index is 614. The molecule has 5 nitrogen and oxygen atoms in total. The van der Waals surface area contributed by atoms with Crippen LogP contribution in [0.4, 0.5) is 5.69 Å². The first-order chi connectivity index (χ1) is 10.5. The molecule has 2 atom stereocenters. The van der Waals surface area contributed by atoms with Gasteiger partial charge in [0.1, 0.15) is 11.6 Å². The molecule has 0 spiro atoms. The molecule has 2 rings (SSSR count). The summed E-state index contributed by atoms with van der Waals surface area (Å²) in [6.45, 7) is 5.24. The van der Waals surface area contributed by atoms with Crippen molar-refractivity contribution in [3.05, 3.63) is 41.1 Å². The molecule has 0 aromatic heterocycles. The zero-order valence-corrected chi connectivity index (χ0v) is 13.3. The van der Waals surface area contributed by atoms with Crippen LogP contribution in [0.25, 0.3) is 0 Å². The van der Waals surface area contributed by atoms with Crippen molar-refractivity contribution in [3.63, 3.8) is 0 Å². The summed E-state index contributed by atoms with van der Waals surface area (Å²) in [6.07, 6.45) is 1.72. The van der Waals surface area contributed by atoms with Gasteiger partial charge in [-0.2, -0.15) is 5.26 Å². The molecule has 1 heterocycles. The van der Waals surface area contributed by atoms with E-state index in [1.54, 1.807) is 30.5 Å². The van der Waals surface area contributed by atoms with Gasteiger partial charge < -0.3 is 15.0 Å². The highest BCUT2D eigenvalue weighted by atomic mass is 35.5. The highest BCUT2D eigenvalue weighted by Crippen LogP contribution is 2.16. The third-order valence-electron chi connectivity index (χ3n) is 3.21. The fourth-order valence-electron chi connectivity index (χ4n) is 2.41. The van der Waals surface area contributed by atoms with Crippen molar-refractivity contribution in [1.82, 2.24) is 4.90 Å². The molecule has 1 amide bonds. The van der Waals surface area contributed by atoms with Gasteiger partial charge in [-0.1, -0.05) is 17.7 Å². The predicted octanol–water partition coefficient (Wildman–Crippen LogP) is 2.80. The molecule has 1 saturated heterocycles. The Labute approximate surface area is 135 Å². The van der Waals surface area contributed by atoms with Gasteiger partial charge in [-0.25, -0.2) is 0 Å². The molecule has 1 fully saturated rings. The number of carbonyl (C=O) groups excluding carboxylic acids is 1. The Morgan fingerprint density at radius 2 is 2.14 bits per heavy atom. The summed E-state index contributed by atoms with van der Waals surface area (Å²) >= 11 is 5.88. The lowest BCUT2D eigenvalue weighted by atomic mass is 10.2. The minimum atomic E-state index is -0.448. The van der Waals surface area contributed by atoms with E-state index in [0.717, 1.165) is 0 Å². The Morgan fingerprint density at radius 1 is 1.45 bits per heavy atom. The number of benzene rings is 1. The van der Waals surface area contributed by atoms with Gasteiger partial charge in [0.25, 0.3) is 5.91 Å². The van der Waals surface area contributed by atoms with Gasteiger partial charge in [0.15, 0.2) is 0 Å². The second-order valence-electron chi connectivity index (χ2n) is 5.33. The van der Waals surface area contributed by atoms with E-state index >= 15 is 0 Å². The van der Waals surface area contributed by atoms with Gasteiger partial charge in [0.2, 0.25) is 0 Å². The first-order valence-electron chi connectivity index (χ1n) is 7.06. The van der Waals surface area contributed by atoms with E-state index in [0.29, 0.717) is 23.8 Å². The first-order valence-corrected chi connectivity index (χ1v) is 7.44. The summed E-state index contributed by atoms with van der Waals surface area (Å²) in [5.41, 5.74) is 0.614. The number of ether oxygens (including phenoxy) is 1. The predicted molar refractivity (Wildman–Crippen MR) is 85.4 cm³/mol. The highest BCUT2D eigenvalue weighted by molar-refractivity contribution is 6.31. The number of nitrogens with one attached hydrogen (secondary N) is 1. The molecule has 1 aliphatic heterocycles. The van der Waals surface area contributed by atoms with Crippen molar-refractivity contribution >= 4 is 23.2 Å². The SMILES string of the molecule is CC1CN(/C=C(/C#N)C(=O)Nc2cccc(Cl)c2)CC(C)O1. The van der Waals surface area contributed by atoms with E-state index in [1.807, 2.05) is 24.8 Å². The largest absolute Gasteiger partial charge is 0.372 e. The molecule has 116 valence electrons. The summed E-state index contributed by atoms with van der Waals surface area (Å²) in [5, 5.41) is 12.4. The maximum absolute atomic E-state index is 12.2. The molecule has 0 radical (unpaired) electrons. The number of nitriles is 1. The standard InChI is InChI=1S/C16H18ClN3O2/c1-11-8-20(9-12(2)22-11)10-13(7-18)16(21)19-15-5-3-4-14(17)6-15/h3-6,10-12H,8-9H2,1-2H3,(H,19,21)/b13-10-. The normalized spacial score (nSPS) is 22.1. The molecular formula is C16H18ClN3O2. The van der Waals surface area contributed by atoms with Crippen LogP contribution in [0.3, 0.4) is 0 Å². The number of halogens is 1. The number of morpholine rings is 1. The van der Waals surface area contributed by atoms with E-state index in [9.17, 15) is 10.1 Å². The minimum absolute atomic E-state index is 0.0567. The van der Waals surface area contributed by atoms with E-state index in [4.69, 9.17) is 16.3 Å². The highest BCUT2D eigenvalue weighted by Gasteiger charge is 2.21. The van der Waals surface area contributed by atoms with Gasteiger partial charge in [0, 0.05) is 30.0 Å². The molecule has 6 heteroatoms. The van der Waals surface area contributed by atoms with Crippen molar-refractivity contribution in [2.45, 2.75) is 26.1 Å². The number of hydrogen-bond donors (Lipinski definition) is 1. The molecule has 1 aromatic carbocycles. The average molecular weight is 320 g/mol. The summed E-state index contributed by atoms with van der Waals surface area (Å²) < 4.78 is 5.63. The van der Waals surface area contributed by atoms with Gasteiger partial charge in [0.05, 0.1) is 12.2 Å². The molecule has 1 N–H and O–H groups in total. The van der Waals surface area contributed by atoms with Crippen LogP contribution < -0.4 is 5.32 Å². The summed E-state index contributed by atoms with van der Waals surface area (Å²) in [5.74, 6) is -0.448. The topological polar surface area (TPSA) is 65.4 Å². The third kappa shape index (κ3) is 4.48. The number of carbonyl (C=O) groups is 1. The van der Waals surface area contributed by atoms with Crippen molar-refractivity contribution in [3.8, 4) is 6.07 Å². The van der Waals surface area contributed by atoms with Crippen LogP contribution in [0, 0.1) is 11.3 Å². The number of anilines is 1. The smallest absolute Gasteiger partial charge is 0.267 e. The Balaban J connectivity index is 2.08. The van der Waals surface area contributed by atoms with E-state index < -0.39 is 5.91 Å². The molecular weight excluding hydrogens is 302 g/mol. The number of nitrogens with zero attached hydrogens (tertiary/aromatic N) is 2. The summed E-state index contributed by atoms with van der Waals surface area (Å²) in [4.78, 5) is 14.1. The average Bonchev–Trinajstić information content (AvgIpc) is 2.43. The molecule has 1 aliphatic rings. The maximum Gasteiger partial charge on any atom is 0.267 e. The number of amides is 1. The first kappa shape index (κ1) is 16.3. The molecule has 2 unspecified atom stereocenters. The Kier molecular flexibility index (Phi) is 5.42. The second kappa shape index (κ2) is 7.30. The fraction of sp³-hybridized carbons (Fsp3) is 0.375. The van der Waals surface area contributed by atoms with Gasteiger partial charge in [-0.05, 0) is 32.0 Å². The monoisotopic (exact) mass is 319 g/mol. The van der Waals surface area contributed by atoms with Gasteiger partial charge in [-0.3, -0.25) is 4.79 Å². The second-order valence-corrected chi connectivity index (χ2v) is 5.77.